The van der Waals surface area contributed by atoms with Gasteiger partial charge in [0.2, 0.25) is 5.91 Å². The molecule has 6 heteroatoms. The summed E-state index contributed by atoms with van der Waals surface area (Å²) in [5.41, 5.74) is -0.00769. The molecule has 1 aliphatic carbocycles. The quantitative estimate of drug-likeness (QED) is 0.846. The van der Waals surface area contributed by atoms with E-state index in [0.717, 1.165) is 0 Å². The molecule has 22 heavy (non-hydrogen) atoms. The van der Waals surface area contributed by atoms with Gasteiger partial charge < -0.3 is 14.8 Å². The molecule has 0 saturated heterocycles. The zero-order valence-corrected chi connectivity index (χ0v) is 12.1. The molecule has 0 radical (unpaired) electrons. The zero-order valence-electron chi connectivity index (χ0n) is 12.1. The molecular weight excluding hydrogens is 286 g/mol. The molecule has 0 bridgehead atoms. The van der Waals surface area contributed by atoms with Crippen LogP contribution in [0.5, 0.6) is 0 Å². The van der Waals surface area contributed by atoms with Gasteiger partial charge in [-0.25, -0.2) is 4.79 Å². The number of hydrogen-bond donors (Lipinski definition) is 2. The fraction of sp³-hybridized carbons (Fsp3) is 0.312. The molecule has 0 spiro atoms. The molecule has 2 N–H and O–H groups in total. The lowest BCUT2D eigenvalue weighted by Gasteiger charge is -2.07. The highest BCUT2D eigenvalue weighted by Crippen LogP contribution is 2.58. The summed E-state index contributed by atoms with van der Waals surface area (Å²) in [6.07, 6.45) is 0. The van der Waals surface area contributed by atoms with E-state index in [4.69, 9.17) is 9.52 Å². The number of amides is 1. The largest absolute Gasteiger partial charge is 0.481 e. The van der Waals surface area contributed by atoms with Crippen LogP contribution in [0.1, 0.15) is 13.8 Å². The van der Waals surface area contributed by atoms with Gasteiger partial charge in [0.1, 0.15) is 5.58 Å². The molecular formula is C16H15NO5. The summed E-state index contributed by atoms with van der Waals surface area (Å²) >= 11 is 0. The van der Waals surface area contributed by atoms with Crippen molar-refractivity contribution in [2.75, 3.05) is 5.32 Å². The minimum Gasteiger partial charge on any atom is -0.481 e. The highest BCUT2D eigenvalue weighted by Gasteiger charge is 2.65. The van der Waals surface area contributed by atoms with Gasteiger partial charge in [-0.3, -0.25) is 9.59 Å². The summed E-state index contributed by atoms with van der Waals surface area (Å²) in [6, 6.07) is 7.81. The number of nitrogens with one attached hydrogen (secondary N) is 1. The average Bonchev–Trinajstić information content (AvgIpc) is 3.02. The first-order chi connectivity index (χ1) is 10.3. The van der Waals surface area contributed by atoms with E-state index in [2.05, 4.69) is 5.32 Å². The van der Waals surface area contributed by atoms with Gasteiger partial charge in [0.15, 0.2) is 0 Å². The first-order valence-electron chi connectivity index (χ1n) is 6.88. The number of carbonyl (C=O) groups excluding carboxylic acids is 1. The third kappa shape index (κ3) is 2.26. The topological polar surface area (TPSA) is 96.6 Å². The molecule has 1 aliphatic rings. The molecule has 2 aromatic rings. The molecule has 1 heterocycles. The van der Waals surface area contributed by atoms with Crippen molar-refractivity contribution < 1.29 is 19.1 Å². The predicted octanol–water partition coefficient (Wildman–Crippen LogP) is 2.09. The lowest BCUT2D eigenvalue weighted by molar-refractivity contribution is -0.140. The Morgan fingerprint density at radius 3 is 2.55 bits per heavy atom. The van der Waals surface area contributed by atoms with Gasteiger partial charge in [-0.15, -0.1) is 0 Å². The number of aliphatic carboxylic acids is 1. The average molecular weight is 301 g/mol. The Balaban J connectivity index is 1.82. The van der Waals surface area contributed by atoms with E-state index in [9.17, 15) is 14.4 Å². The summed E-state index contributed by atoms with van der Waals surface area (Å²) in [5.74, 6) is -2.47. The van der Waals surface area contributed by atoms with Crippen LogP contribution >= 0.6 is 0 Å². The summed E-state index contributed by atoms with van der Waals surface area (Å²) < 4.78 is 5.02. The monoisotopic (exact) mass is 301 g/mol. The van der Waals surface area contributed by atoms with Gasteiger partial charge in [-0.1, -0.05) is 13.8 Å². The third-order valence-corrected chi connectivity index (χ3v) is 4.26. The molecule has 114 valence electrons. The Morgan fingerprint density at radius 2 is 1.91 bits per heavy atom. The van der Waals surface area contributed by atoms with E-state index in [1.165, 1.54) is 6.07 Å². The van der Waals surface area contributed by atoms with Crippen molar-refractivity contribution in [2.45, 2.75) is 13.8 Å². The normalized spacial score (nSPS) is 22.3. The highest BCUT2D eigenvalue weighted by atomic mass is 16.4. The zero-order chi connectivity index (χ0) is 16.1. The van der Waals surface area contributed by atoms with Crippen LogP contribution in [0.15, 0.2) is 39.5 Å². The molecule has 1 amide bonds. The Morgan fingerprint density at radius 1 is 1.18 bits per heavy atom. The predicted molar refractivity (Wildman–Crippen MR) is 79.5 cm³/mol. The molecule has 1 aromatic heterocycles. The lowest BCUT2D eigenvalue weighted by atomic mass is 10.1. The van der Waals surface area contributed by atoms with Crippen molar-refractivity contribution in [3.8, 4) is 0 Å². The summed E-state index contributed by atoms with van der Waals surface area (Å²) in [5, 5.41) is 12.5. The summed E-state index contributed by atoms with van der Waals surface area (Å²) in [7, 11) is 0. The van der Waals surface area contributed by atoms with E-state index >= 15 is 0 Å². The Hall–Kier alpha value is -2.63. The van der Waals surface area contributed by atoms with E-state index in [0.29, 0.717) is 16.7 Å². The van der Waals surface area contributed by atoms with Crippen LogP contribution in [-0.4, -0.2) is 17.0 Å². The maximum absolute atomic E-state index is 12.2. The maximum atomic E-state index is 12.2. The van der Waals surface area contributed by atoms with Crippen LogP contribution in [0.2, 0.25) is 0 Å². The van der Waals surface area contributed by atoms with Crippen molar-refractivity contribution in [1.29, 1.82) is 0 Å². The number of rotatable bonds is 3. The molecule has 1 saturated carbocycles. The molecule has 3 rings (SSSR count). The van der Waals surface area contributed by atoms with E-state index in [1.54, 1.807) is 38.1 Å². The van der Waals surface area contributed by atoms with E-state index < -0.39 is 28.8 Å². The van der Waals surface area contributed by atoms with Crippen LogP contribution in [-0.2, 0) is 9.59 Å². The molecule has 1 aromatic carbocycles. The van der Waals surface area contributed by atoms with E-state index in [1.807, 2.05) is 0 Å². The maximum Gasteiger partial charge on any atom is 0.336 e. The molecule has 0 unspecified atom stereocenters. The number of carbonyl (C=O) groups is 2. The summed E-state index contributed by atoms with van der Waals surface area (Å²) in [4.78, 5) is 34.5. The highest BCUT2D eigenvalue weighted by molar-refractivity contribution is 6.00. The summed E-state index contributed by atoms with van der Waals surface area (Å²) in [6.45, 7) is 3.54. The van der Waals surface area contributed by atoms with Crippen molar-refractivity contribution in [3.05, 3.63) is 40.8 Å². The van der Waals surface area contributed by atoms with Gasteiger partial charge in [0, 0.05) is 17.1 Å². The van der Waals surface area contributed by atoms with Crippen LogP contribution in [0.4, 0.5) is 5.69 Å². The Labute approximate surface area is 125 Å². The Kier molecular flexibility index (Phi) is 3.05. The second-order valence-corrected chi connectivity index (χ2v) is 6.11. The van der Waals surface area contributed by atoms with Crippen LogP contribution < -0.4 is 10.9 Å². The van der Waals surface area contributed by atoms with Gasteiger partial charge in [-0.2, -0.15) is 0 Å². The van der Waals surface area contributed by atoms with Crippen LogP contribution in [0.25, 0.3) is 11.0 Å². The standard InChI is InChI=1S/C16H15NO5/c1-16(2)12(13(16)15(20)21)14(19)17-9-4-5-10-8(7-9)3-6-11(18)22-10/h3-7,12-13H,1-2H3,(H,17,19)(H,20,21)/t12-,13+/m1/s1. The fourth-order valence-corrected chi connectivity index (χ4v) is 2.96. The third-order valence-electron chi connectivity index (χ3n) is 4.26. The van der Waals surface area contributed by atoms with Gasteiger partial charge in [-0.05, 0) is 29.7 Å². The van der Waals surface area contributed by atoms with Crippen molar-refractivity contribution >= 4 is 28.5 Å². The lowest BCUT2D eigenvalue weighted by Crippen LogP contribution is -2.17. The van der Waals surface area contributed by atoms with Gasteiger partial charge in [0.25, 0.3) is 0 Å². The first kappa shape index (κ1) is 14.3. The number of benzene rings is 1. The van der Waals surface area contributed by atoms with E-state index in [-0.39, 0.29) is 5.91 Å². The number of hydrogen-bond acceptors (Lipinski definition) is 4. The molecule has 2 atom stereocenters. The Bertz CT molecular complexity index is 836. The number of carboxylic acid groups (broad SMARTS) is 1. The van der Waals surface area contributed by atoms with Crippen LogP contribution in [0.3, 0.4) is 0 Å². The van der Waals surface area contributed by atoms with Crippen LogP contribution in [0, 0.1) is 17.3 Å². The van der Waals surface area contributed by atoms with Crippen molar-refractivity contribution in [3.63, 3.8) is 0 Å². The number of anilines is 1. The smallest absolute Gasteiger partial charge is 0.336 e. The minimum atomic E-state index is -0.953. The number of carboxylic acids is 1. The molecule has 1 fully saturated rings. The van der Waals surface area contributed by atoms with Crippen molar-refractivity contribution in [2.24, 2.45) is 17.3 Å². The number of fused-ring (bicyclic) bond motifs is 1. The molecule has 0 aliphatic heterocycles. The minimum absolute atomic E-state index is 0.311. The SMILES string of the molecule is CC1(C)[C@H](C(=O)O)[C@@H]1C(=O)Nc1ccc2oc(=O)ccc2c1. The van der Waals surface area contributed by atoms with Gasteiger partial charge >= 0.3 is 11.6 Å². The molecule has 6 nitrogen and oxygen atoms in total. The second kappa shape index (κ2) is 4.69. The van der Waals surface area contributed by atoms with Gasteiger partial charge in [0.05, 0.1) is 11.8 Å². The second-order valence-electron chi connectivity index (χ2n) is 6.11. The van der Waals surface area contributed by atoms with Crippen molar-refractivity contribution in [1.82, 2.24) is 0 Å². The first-order valence-corrected chi connectivity index (χ1v) is 6.88. The fourth-order valence-electron chi connectivity index (χ4n) is 2.96.